The number of piperazine rings is 1. The average Bonchev–Trinajstić information content (AvgIpc) is 3.19. The minimum absolute atomic E-state index is 0.176. The van der Waals surface area contributed by atoms with Gasteiger partial charge in [0.2, 0.25) is 5.91 Å². The molecule has 8 heteroatoms. The van der Waals surface area contributed by atoms with Crippen LogP contribution in [0.15, 0.2) is 22.8 Å². The van der Waals surface area contributed by atoms with E-state index in [1.54, 1.807) is 16.1 Å². The Morgan fingerprint density at radius 1 is 1.28 bits per heavy atom. The van der Waals surface area contributed by atoms with Crippen LogP contribution in [0.5, 0.6) is 0 Å². The van der Waals surface area contributed by atoms with Gasteiger partial charge >= 0.3 is 6.03 Å². The normalized spacial score (nSPS) is 21.0. The molecule has 3 heterocycles. The molecule has 2 aliphatic heterocycles. The smallest absolute Gasteiger partial charge is 0.328 e. The lowest BCUT2D eigenvalue weighted by atomic mass is 10.2. The van der Waals surface area contributed by atoms with Crippen molar-refractivity contribution in [2.24, 2.45) is 0 Å². The highest BCUT2D eigenvalue weighted by Gasteiger charge is 2.48. The van der Waals surface area contributed by atoms with Crippen molar-refractivity contribution in [2.45, 2.75) is 26.4 Å². The molecule has 1 unspecified atom stereocenters. The van der Waals surface area contributed by atoms with Crippen LogP contribution in [0.1, 0.15) is 19.6 Å². The van der Waals surface area contributed by atoms with Gasteiger partial charge in [0.15, 0.2) is 0 Å². The first-order chi connectivity index (χ1) is 12.0. The molecule has 4 amide bonds. The van der Waals surface area contributed by atoms with Crippen molar-refractivity contribution in [3.05, 3.63) is 24.2 Å². The monoisotopic (exact) mass is 348 g/mol. The molecule has 0 saturated carbocycles. The van der Waals surface area contributed by atoms with E-state index in [0.717, 1.165) is 10.7 Å². The summed E-state index contributed by atoms with van der Waals surface area (Å²) in [5, 5.41) is 0. The number of likely N-dealkylation sites (N-methyl/N-ethyl adjacent to an activating group) is 1. The Kier molecular flexibility index (Phi) is 5.08. The molecular weight excluding hydrogens is 324 g/mol. The molecule has 0 aliphatic carbocycles. The van der Waals surface area contributed by atoms with E-state index in [-0.39, 0.29) is 24.4 Å². The van der Waals surface area contributed by atoms with Gasteiger partial charge in [-0.3, -0.25) is 19.4 Å². The number of hydrogen-bond donors (Lipinski definition) is 0. The third kappa shape index (κ3) is 3.39. The maximum Gasteiger partial charge on any atom is 0.328 e. The van der Waals surface area contributed by atoms with Gasteiger partial charge in [0.25, 0.3) is 5.91 Å². The van der Waals surface area contributed by atoms with Crippen LogP contribution in [0.4, 0.5) is 4.79 Å². The summed E-state index contributed by atoms with van der Waals surface area (Å²) in [4.78, 5) is 43.9. The van der Waals surface area contributed by atoms with E-state index in [1.807, 2.05) is 26.0 Å². The van der Waals surface area contributed by atoms with Gasteiger partial charge in [-0.1, -0.05) is 0 Å². The van der Waals surface area contributed by atoms with E-state index >= 15 is 0 Å². The fraction of sp³-hybridized carbons (Fsp3) is 0.588. The van der Waals surface area contributed by atoms with E-state index in [2.05, 4.69) is 4.90 Å². The zero-order chi connectivity index (χ0) is 18.0. The predicted molar refractivity (Wildman–Crippen MR) is 89.5 cm³/mol. The van der Waals surface area contributed by atoms with E-state index in [4.69, 9.17) is 4.42 Å². The van der Waals surface area contributed by atoms with Gasteiger partial charge in [0, 0.05) is 32.7 Å². The first-order valence-corrected chi connectivity index (χ1v) is 8.69. The third-order valence-electron chi connectivity index (χ3n) is 4.86. The van der Waals surface area contributed by atoms with Crippen molar-refractivity contribution in [1.29, 1.82) is 0 Å². The van der Waals surface area contributed by atoms with Gasteiger partial charge in [-0.05, 0) is 26.0 Å². The number of furan rings is 1. The highest BCUT2D eigenvalue weighted by atomic mass is 16.3. The SMILES string of the molecule is CCN(CC)C(=O)CN1C(=O)C2CN(Cc3ccco3)CCN2C1=O. The van der Waals surface area contributed by atoms with Crippen LogP contribution in [-0.2, 0) is 16.1 Å². The zero-order valence-electron chi connectivity index (χ0n) is 14.7. The number of amides is 4. The Morgan fingerprint density at radius 3 is 2.68 bits per heavy atom. The fourth-order valence-corrected chi connectivity index (χ4v) is 3.43. The second-order valence-electron chi connectivity index (χ2n) is 6.30. The number of nitrogens with zero attached hydrogens (tertiary/aromatic N) is 4. The standard InChI is InChI=1S/C17H24N4O4/c1-3-19(4-2)15(22)12-21-16(23)14-11-18(7-8-20(14)17(21)24)10-13-6-5-9-25-13/h5-6,9,14H,3-4,7-8,10-12H2,1-2H3. The van der Waals surface area contributed by atoms with Gasteiger partial charge in [0.1, 0.15) is 18.3 Å². The number of fused-ring (bicyclic) bond motifs is 1. The first kappa shape index (κ1) is 17.5. The summed E-state index contributed by atoms with van der Waals surface area (Å²) in [6.07, 6.45) is 1.62. The van der Waals surface area contributed by atoms with Crippen LogP contribution in [-0.4, -0.2) is 82.8 Å². The molecule has 1 aromatic rings. The lowest BCUT2D eigenvalue weighted by molar-refractivity contribution is -0.137. The van der Waals surface area contributed by atoms with Crippen LogP contribution in [0.2, 0.25) is 0 Å². The molecule has 2 fully saturated rings. The minimum Gasteiger partial charge on any atom is -0.468 e. The maximum absolute atomic E-state index is 12.7. The van der Waals surface area contributed by atoms with Gasteiger partial charge < -0.3 is 14.2 Å². The van der Waals surface area contributed by atoms with E-state index in [1.165, 1.54) is 0 Å². The number of rotatable bonds is 6. The third-order valence-corrected chi connectivity index (χ3v) is 4.86. The molecule has 8 nitrogen and oxygen atoms in total. The lowest BCUT2D eigenvalue weighted by Gasteiger charge is -2.34. The lowest BCUT2D eigenvalue weighted by Crippen LogP contribution is -2.52. The molecule has 2 saturated heterocycles. The zero-order valence-corrected chi connectivity index (χ0v) is 14.7. The Labute approximate surface area is 146 Å². The first-order valence-electron chi connectivity index (χ1n) is 8.69. The molecule has 1 aromatic heterocycles. The molecular formula is C17H24N4O4. The molecule has 0 radical (unpaired) electrons. The summed E-state index contributed by atoms with van der Waals surface area (Å²) in [5.74, 6) is 0.354. The van der Waals surface area contributed by atoms with Crippen molar-refractivity contribution in [3.8, 4) is 0 Å². The summed E-state index contributed by atoms with van der Waals surface area (Å²) in [7, 11) is 0. The molecule has 3 rings (SSSR count). The molecule has 136 valence electrons. The van der Waals surface area contributed by atoms with Gasteiger partial charge in [-0.15, -0.1) is 0 Å². The maximum atomic E-state index is 12.7. The van der Waals surface area contributed by atoms with Gasteiger partial charge in [-0.25, -0.2) is 4.79 Å². The largest absolute Gasteiger partial charge is 0.468 e. The number of urea groups is 1. The van der Waals surface area contributed by atoms with Gasteiger partial charge in [-0.2, -0.15) is 0 Å². The summed E-state index contributed by atoms with van der Waals surface area (Å²) in [5.41, 5.74) is 0. The Morgan fingerprint density at radius 2 is 2.04 bits per heavy atom. The highest BCUT2D eigenvalue weighted by Crippen LogP contribution is 2.23. The minimum atomic E-state index is -0.513. The average molecular weight is 348 g/mol. The van der Waals surface area contributed by atoms with Crippen LogP contribution >= 0.6 is 0 Å². The van der Waals surface area contributed by atoms with Crippen molar-refractivity contribution in [1.82, 2.24) is 19.6 Å². The molecule has 0 aromatic carbocycles. The number of hydrogen-bond acceptors (Lipinski definition) is 5. The van der Waals surface area contributed by atoms with Crippen LogP contribution in [0, 0.1) is 0 Å². The van der Waals surface area contributed by atoms with Crippen LogP contribution in [0.25, 0.3) is 0 Å². The van der Waals surface area contributed by atoms with Crippen LogP contribution in [0.3, 0.4) is 0 Å². The quantitative estimate of drug-likeness (QED) is 0.704. The summed E-state index contributed by atoms with van der Waals surface area (Å²) in [6.45, 7) is 6.93. The number of carbonyl (C=O) groups is 3. The highest BCUT2D eigenvalue weighted by molar-refractivity contribution is 6.06. The Bertz CT molecular complexity index is 641. The Hall–Kier alpha value is -2.35. The molecule has 25 heavy (non-hydrogen) atoms. The summed E-state index contributed by atoms with van der Waals surface area (Å²) < 4.78 is 5.35. The van der Waals surface area contributed by atoms with E-state index in [9.17, 15) is 14.4 Å². The van der Waals surface area contributed by atoms with E-state index < -0.39 is 6.04 Å². The second-order valence-corrected chi connectivity index (χ2v) is 6.30. The van der Waals surface area contributed by atoms with Crippen molar-refractivity contribution in [3.63, 3.8) is 0 Å². The topological polar surface area (TPSA) is 77.3 Å². The number of imide groups is 1. The summed E-state index contributed by atoms with van der Waals surface area (Å²) in [6, 6.07) is 2.85. The molecule has 0 bridgehead atoms. The number of carbonyl (C=O) groups excluding carboxylic acids is 3. The van der Waals surface area contributed by atoms with Gasteiger partial charge in [0.05, 0.1) is 12.8 Å². The predicted octanol–water partition coefficient (Wildman–Crippen LogP) is 0.596. The molecule has 2 aliphatic rings. The van der Waals surface area contributed by atoms with E-state index in [0.29, 0.717) is 39.3 Å². The molecule has 1 atom stereocenters. The van der Waals surface area contributed by atoms with Crippen molar-refractivity contribution in [2.75, 3.05) is 39.3 Å². The van der Waals surface area contributed by atoms with Crippen molar-refractivity contribution < 1.29 is 18.8 Å². The molecule has 0 N–H and O–H groups in total. The second kappa shape index (κ2) is 7.26. The summed E-state index contributed by atoms with van der Waals surface area (Å²) >= 11 is 0. The van der Waals surface area contributed by atoms with Crippen molar-refractivity contribution >= 4 is 17.8 Å². The molecule has 0 spiro atoms. The van der Waals surface area contributed by atoms with Crippen LogP contribution < -0.4 is 0 Å². The Balaban J connectivity index is 1.65. The fourth-order valence-electron chi connectivity index (χ4n) is 3.43.